The van der Waals surface area contributed by atoms with Crippen molar-refractivity contribution in [2.24, 2.45) is 5.92 Å². The summed E-state index contributed by atoms with van der Waals surface area (Å²) < 4.78 is 4.84. The molecule has 1 rings (SSSR count). The minimum absolute atomic E-state index is 0.0480. The third kappa shape index (κ3) is 3.80. The lowest BCUT2D eigenvalue weighted by Crippen LogP contribution is -2.26. The van der Waals surface area contributed by atoms with E-state index < -0.39 is 11.9 Å². The molecular formula is C13H18O4. The molecule has 0 amide bonds. The standard InChI is InChI=1S/C13H18O4/c1-3-17-13(16)11(9(2)14)8-10-6-4-5-7-12(10)15/h6,11H,3-5,7-8H2,1-2H3. The number of hydrogen-bond donors (Lipinski definition) is 0. The van der Waals surface area contributed by atoms with Crippen LogP contribution in [-0.4, -0.2) is 24.1 Å². The van der Waals surface area contributed by atoms with Crippen LogP contribution in [0.3, 0.4) is 0 Å². The summed E-state index contributed by atoms with van der Waals surface area (Å²) in [6, 6.07) is 0. The second-order valence-corrected chi connectivity index (χ2v) is 4.16. The Morgan fingerprint density at radius 3 is 2.71 bits per heavy atom. The Labute approximate surface area is 101 Å². The quantitative estimate of drug-likeness (QED) is 0.541. The predicted molar refractivity (Wildman–Crippen MR) is 62.4 cm³/mol. The van der Waals surface area contributed by atoms with Gasteiger partial charge in [-0.25, -0.2) is 0 Å². The second-order valence-electron chi connectivity index (χ2n) is 4.16. The van der Waals surface area contributed by atoms with Gasteiger partial charge in [-0.15, -0.1) is 0 Å². The number of hydrogen-bond acceptors (Lipinski definition) is 4. The molecule has 17 heavy (non-hydrogen) atoms. The number of esters is 1. The molecule has 0 heterocycles. The second kappa shape index (κ2) is 6.33. The van der Waals surface area contributed by atoms with Gasteiger partial charge in [0.05, 0.1) is 6.61 Å². The van der Waals surface area contributed by atoms with Crippen molar-refractivity contribution < 1.29 is 19.1 Å². The van der Waals surface area contributed by atoms with Crippen molar-refractivity contribution >= 4 is 17.5 Å². The topological polar surface area (TPSA) is 60.4 Å². The highest BCUT2D eigenvalue weighted by molar-refractivity contribution is 6.01. The summed E-state index contributed by atoms with van der Waals surface area (Å²) in [5, 5.41) is 0. The lowest BCUT2D eigenvalue weighted by atomic mass is 9.88. The van der Waals surface area contributed by atoms with Gasteiger partial charge in [-0.2, -0.15) is 0 Å². The van der Waals surface area contributed by atoms with Crippen molar-refractivity contribution in [3.05, 3.63) is 11.6 Å². The normalized spacial score (nSPS) is 17.3. The summed E-state index contributed by atoms with van der Waals surface area (Å²) in [5.74, 6) is -1.56. The molecule has 1 atom stereocenters. The van der Waals surface area contributed by atoms with Crippen molar-refractivity contribution in [2.45, 2.75) is 39.5 Å². The predicted octanol–water partition coefficient (Wildman–Crippen LogP) is 1.82. The first-order valence-electron chi connectivity index (χ1n) is 5.95. The fraction of sp³-hybridized carbons (Fsp3) is 0.615. The third-order valence-corrected chi connectivity index (χ3v) is 2.84. The van der Waals surface area contributed by atoms with Gasteiger partial charge in [0, 0.05) is 6.42 Å². The molecule has 0 aromatic heterocycles. The van der Waals surface area contributed by atoms with Crippen LogP contribution in [0.4, 0.5) is 0 Å². The Kier molecular flexibility index (Phi) is 5.07. The van der Waals surface area contributed by atoms with Crippen LogP contribution in [0, 0.1) is 5.92 Å². The highest BCUT2D eigenvalue weighted by Gasteiger charge is 2.28. The van der Waals surface area contributed by atoms with Crippen LogP contribution in [0.25, 0.3) is 0 Å². The third-order valence-electron chi connectivity index (χ3n) is 2.84. The van der Waals surface area contributed by atoms with E-state index in [2.05, 4.69) is 0 Å². The first kappa shape index (κ1) is 13.6. The Hall–Kier alpha value is -1.45. The van der Waals surface area contributed by atoms with E-state index in [9.17, 15) is 14.4 Å². The van der Waals surface area contributed by atoms with Crippen LogP contribution < -0.4 is 0 Å². The fourth-order valence-electron chi connectivity index (χ4n) is 1.87. The van der Waals surface area contributed by atoms with Crippen molar-refractivity contribution in [1.29, 1.82) is 0 Å². The molecule has 1 aliphatic carbocycles. The van der Waals surface area contributed by atoms with Gasteiger partial charge in [0.25, 0.3) is 0 Å². The first-order chi connectivity index (χ1) is 8.06. The number of ketones is 2. The van der Waals surface area contributed by atoms with E-state index in [0.717, 1.165) is 12.8 Å². The number of carbonyl (C=O) groups excluding carboxylic acids is 3. The van der Waals surface area contributed by atoms with E-state index in [4.69, 9.17) is 4.74 Å². The van der Waals surface area contributed by atoms with Crippen molar-refractivity contribution in [3.8, 4) is 0 Å². The molecule has 94 valence electrons. The van der Waals surface area contributed by atoms with E-state index in [1.165, 1.54) is 6.92 Å². The van der Waals surface area contributed by atoms with Gasteiger partial charge in [0.15, 0.2) is 5.78 Å². The molecule has 0 aliphatic heterocycles. The minimum Gasteiger partial charge on any atom is -0.465 e. The minimum atomic E-state index is -0.830. The van der Waals surface area contributed by atoms with Crippen molar-refractivity contribution in [3.63, 3.8) is 0 Å². The monoisotopic (exact) mass is 238 g/mol. The molecule has 0 spiro atoms. The average Bonchev–Trinajstić information content (AvgIpc) is 2.27. The highest BCUT2D eigenvalue weighted by atomic mass is 16.5. The Morgan fingerprint density at radius 2 is 2.18 bits per heavy atom. The maximum Gasteiger partial charge on any atom is 0.316 e. The molecule has 0 radical (unpaired) electrons. The van der Waals surface area contributed by atoms with Crippen LogP contribution in [-0.2, 0) is 19.1 Å². The van der Waals surface area contributed by atoms with E-state index >= 15 is 0 Å². The van der Waals surface area contributed by atoms with Crippen LogP contribution in [0.1, 0.15) is 39.5 Å². The van der Waals surface area contributed by atoms with E-state index in [1.807, 2.05) is 6.08 Å². The lowest BCUT2D eigenvalue weighted by molar-refractivity contribution is -0.151. The Balaban J connectivity index is 2.73. The van der Waals surface area contributed by atoms with E-state index in [0.29, 0.717) is 12.0 Å². The van der Waals surface area contributed by atoms with Gasteiger partial charge in [0.1, 0.15) is 11.7 Å². The smallest absolute Gasteiger partial charge is 0.316 e. The number of allylic oxidation sites excluding steroid dienone is 2. The fourth-order valence-corrected chi connectivity index (χ4v) is 1.87. The molecule has 1 aliphatic rings. The number of Topliss-reactive ketones (excluding diaryl/α,β-unsaturated/α-hetero) is 2. The molecule has 4 heteroatoms. The Morgan fingerprint density at radius 1 is 1.47 bits per heavy atom. The molecule has 0 N–H and O–H groups in total. The molecule has 4 nitrogen and oxygen atoms in total. The van der Waals surface area contributed by atoms with Gasteiger partial charge < -0.3 is 4.74 Å². The maximum absolute atomic E-state index is 11.6. The molecular weight excluding hydrogens is 220 g/mol. The highest BCUT2D eigenvalue weighted by Crippen LogP contribution is 2.22. The lowest BCUT2D eigenvalue weighted by Gasteiger charge is -2.16. The zero-order chi connectivity index (χ0) is 12.8. The van der Waals surface area contributed by atoms with Crippen LogP contribution in [0.2, 0.25) is 0 Å². The number of ether oxygens (including phenoxy) is 1. The SMILES string of the molecule is CCOC(=O)C(CC1=CCCCC1=O)C(C)=O. The van der Waals surface area contributed by atoms with E-state index in [-0.39, 0.29) is 24.6 Å². The summed E-state index contributed by atoms with van der Waals surface area (Å²) in [6.07, 6.45) is 4.23. The van der Waals surface area contributed by atoms with Gasteiger partial charge in [-0.05, 0) is 38.7 Å². The number of rotatable bonds is 5. The van der Waals surface area contributed by atoms with Gasteiger partial charge in [-0.1, -0.05) is 6.08 Å². The zero-order valence-corrected chi connectivity index (χ0v) is 10.3. The van der Waals surface area contributed by atoms with Crippen LogP contribution in [0.5, 0.6) is 0 Å². The molecule has 1 unspecified atom stereocenters. The summed E-state index contributed by atoms with van der Waals surface area (Å²) in [6.45, 7) is 3.30. The zero-order valence-electron chi connectivity index (χ0n) is 10.3. The molecule has 0 aromatic rings. The molecule has 0 bridgehead atoms. The maximum atomic E-state index is 11.6. The summed E-state index contributed by atoms with van der Waals surface area (Å²) in [4.78, 5) is 34.6. The van der Waals surface area contributed by atoms with E-state index in [1.54, 1.807) is 6.92 Å². The molecule has 0 saturated carbocycles. The summed E-state index contributed by atoms with van der Waals surface area (Å²) in [7, 11) is 0. The van der Waals surface area contributed by atoms with Gasteiger partial charge in [-0.3, -0.25) is 14.4 Å². The first-order valence-corrected chi connectivity index (χ1v) is 5.95. The Bertz CT molecular complexity index is 354. The van der Waals surface area contributed by atoms with Crippen molar-refractivity contribution in [2.75, 3.05) is 6.61 Å². The van der Waals surface area contributed by atoms with Crippen LogP contribution in [0.15, 0.2) is 11.6 Å². The van der Waals surface area contributed by atoms with Gasteiger partial charge in [0.2, 0.25) is 0 Å². The average molecular weight is 238 g/mol. The number of carbonyl (C=O) groups is 3. The van der Waals surface area contributed by atoms with Crippen molar-refractivity contribution in [1.82, 2.24) is 0 Å². The largest absolute Gasteiger partial charge is 0.465 e. The summed E-state index contributed by atoms with van der Waals surface area (Å²) >= 11 is 0. The van der Waals surface area contributed by atoms with Gasteiger partial charge >= 0.3 is 5.97 Å². The molecule has 0 fully saturated rings. The van der Waals surface area contributed by atoms with Crippen LogP contribution >= 0.6 is 0 Å². The molecule has 0 aromatic carbocycles. The summed E-state index contributed by atoms with van der Waals surface area (Å²) in [5.41, 5.74) is 0.601. The molecule has 0 saturated heterocycles.